The zero-order valence-corrected chi connectivity index (χ0v) is 52.2. The molecule has 1 aliphatic heterocycles. The Hall–Kier alpha value is -9.03. The fourth-order valence-corrected chi connectivity index (χ4v) is 11.6. The molecule has 86 heavy (non-hydrogen) atoms. The number of ether oxygens (including phenoxy) is 1. The van der Waals surface area contributed by atoms with Crippen molar-refractivity contribution in [3.05, 3.63) is 278 Å². The molecule has 13 rings (SSSR count). The van der Waals surface area contributed by atoms with Gasteiger partial charge in [-0.25, -0.2) is 9.37 Å². The van der Waals surface area contributed by atoms with E-state index in [0.29, 0.717) is 11.5 Å². The summed E-state index contributed by atoms with van der Waals surface area (Å²) in [5.41, 5.74) is 17.7. The molecule has 0 saturated carbocycles. The molecule has 0 atom stereocenters. The van der Waals surface area contributed by atoms with Gasteiger partial charge in [-0.1, -0.05) is 207 Å². The van der Waals surface area contributed by atoms with E-state index in [2.05, 4.69) is 288 Å². The maximum atomic E-state index is 15.1. The molecule has 0 radical (unpaired) electrons. The Morgan fingerprint density at radius 2 is 1.02 bits per heavy atom. The number of benzene rings is 10. The van der Waals surface area contributed by atoms with E-state index in [0.717, 1.165) is 101 Å². The van der Waals surface area contributed by atoms with Crippen molar-refractivity contribution in [3.63, 3.8) is 0 Å². The van der Waals surface area contributed by atoms with Gasteiger partial charge in [0.1, 0.15) is 11.6 Å². The van der Waals surface area contributed by atoms with Gasteiger partial charge in [0, 0.05) is 83.8 Å². The van der Waals surface area contributed by atoms with Gasteiger partial charge in [0.25, 0.3) is 0 Å². The first-order chi connectivity index (χ1) is 40.9. The fourth-order valence-electron chi connectivity index (χ4n) is 11.6. The minimum atomic E-state index is -0.294. The van der Waals surface area contributed by atoms with Crippen LogP contribution in [0.25, 0.3) is 61.0 Å². The van der Waals surface area contributed by atoms with Gasteiger partial charge in [0.2, 0.25) is 0 Å². The second kappa shape index (κ2) is 22.8. The molecule has 0 unspecified atom stereocenters. The molecule has 0 saturated heterocycles. The van der Waals surface area contributed by atoms with E-state index in [4.69, 9.17) is 9.72 Å². The molecule has 0 aliphatic carbocycles. The van der Waals surface area contributed by atoms with Gasteiger partial charge in [-0.05, 0) is 139 Å². The summed E-state index contributed by atoms with van der Waals surface area (Å²) < 4.78 is 24.5. The van der Waals surface area contributed by atoms with Crippen LogP contribution < -0.4 is 19.4 Å². The molecule has 1 aliphatic rings. The van der Waals surface area contributed by atoms with Crippen LogP contribution in [0.1, 0.15) is 79.0 Å². The number of anilines is 7. The van der Waals surface area contributed by atoms with E-state index >= 15 is 4.39 Å². The van der Waals surface area contributed by atoms with Gasteiger partial charge >= 0.3 is 0 Å². The van der Waals surface area contributed by atoms with Crippen molar-refractivity contribution in [1.29, 1.82) is 0 Å². The van der Waals surface area contributed by atoms with E-state index in [9.17, 15) is 0 Å². The van der Waals surface area contributed by atoms with Crippen molar-refractivity contribution in [2.24, 2.45) is 0 Å². The Morgan fingerprint density at radius 3 is 1.65 bits per heavy atom. The summed E-state index contributed by atoms with van der Waals surface area (Å²) in [6, 6.07) is 87.2. The largest absolute Gasteiger partial charge is 0.509 e. The molecule has 0 spiro atoms. The summed E-state index contributed by atoms with van der Waals surface area (Å²) in [7, 11) is 0. The second-order valence-electron chi connectivity index (χ2n) is 25.2. The van der Waals surface area contributed by atoms with E-state index in [1.165, 1.54) is 16.7 Å². The number of nitrogens with zero attached hydrogens (tertiary/aromatic N) is 5. The maximum Gasteiger partial charge on any atom is 0.135 e. The van der Waals surface area contributed by atoms with Crippen molar-refractivity contribution in [2.45, 2.75) is 78.6 Å². The minimum Gasteiger partial charge on any atom is -0.509 e. The van der Waals surface area contributed by atoms with E-state index in [1.54, 1.807) is 12.1 Å². The normalized spacial score (nSPS) is 12.6. The standard InChI is InChI=1S/C78H67FN5O.Pt/c1-76(2,3)56-39-40-80-74(46-56)84-70-30-20-19-29-66(70)67-38-37-64(50-73(67)84)85-65-48-62(47-63(49-65)83(60-25-15-11-16-26-60)61-27-17-12-18-28-61)81-51-82(72-32-22-21-31-71(72)81)75-68(53-33-35-59(79)36-34-53)43-54(52-23-13-10-14-24-52)44-69(75)55-41-57(77(4,5)6)45-58(42-55)78(7,8)9;/h10-47,49,51H,1-9H3;/q-3;. The third-order valence-electron chi connectivity index (χ3n) is 16.2. The molecule has 8 heteroatoms. The van der Waals surface area contributed by atoms with Crippen LogP contribution >= 0.6 is 0 Å². The molecule has 3 heterocycles. The van der Waals surface area contributed by atoms with E-state index < -0.39 is 0 Å². The molecule has 0 N–H and O–H groups in total. The first-order valence-electron chi connectivity index (χ1n) is 29.2. The SMILES string of the molecule is CC(C)(C)c1cc(-c2cc(-c3ccccc3)cc(-c3ccc(F)cc3)c2N2[CH-]N(c3[c-]c(Oc4[c-]c5c(cc4)c4ccccc4n5-c4cc(C(C)(C)C)ccn4)cc(N(c4ccccc4)c4ccccc4)c3)c3ccccc32)cc(C(C)(C)C)c1.[Pt]. The van der Waals surface area contributed by atoms with Crippen molar-refractivity contribution in [2.75, 3.05) is 14.7 Å². The van der Waals surface area contributed by atoms with Crippen LogP contribution in [0.5, 0.6) is 11.5 Å². The molecule has 12 aromatic rings. The summed E-state index contributed by atoms with van der Waals surface area (Å²) in [4.78, 5) is 11.7. The van der Waals surface area contributed by atoms with Gasteiger partial charge < -0.3 is 24.0 Å². The molecular weight excluding hydrogens is 1240 g/mol. The van der Waals surface area contributed by atoms with Gasteiger partial charge in [-0.2, -0.15) is 6.07 Å². The van der Waals surface area contributed by atoms with Gasteiger partial charge in [-0.15, -0.1) is 42.4 Å². The zero-order chi connectivity index (χ0) is 58.8. The Morgan fingerprint density at radius 1 is 0.453 bits per heavy atom. The summed E-state index contributed by atoms with van der Waals surface area (Å²) in [5.74, 6) is 1.54. The second-order valence-corrected chi connectivity index (χ2v) is 25.2. The molecule has 6 nitrogen and oxygen atoms in total. The van der Waals surface area contributed by atoms with Crippen molar-refractivity contribution in [3.8, 4) is 50.7 Å². The van der Waals surface area contributed by atoms with Crippen LogP contribution in [0.4, 0.5) is 44.2 Å². The van der Waals surface area contributed by atoms with Crippen LogP contribution in [-0.2, 0) is 37.3 Å². The Kier molecular flexibility index (Phi) is 15.2. The number of pyridine rings is 1. The van der Waals surface area contributed by atoms with E-state index in [-0.39, 0.29) is 43.1 Å². The van der Waals surface area contributed by atoms with Gasteiger partial charge in [0.15, 0.2) is 0 Å². The van der Waals surface area contributed by atoms with Crippen LogP contribution in [0.15, 0.2) is 237 Å². The summed E-state index contributed by atoms with van der Waals surface area (Å²) in [6.45, 7) is 22.6. The Bertz CT molecular complexity index is 4370. The molecule has 10 aromatic carbocycles. The molecule has 0 amide bonds. The van der Waals surface area contributed by atoms with Crippen molar-refractivity contribution < 1.29 is 30.2 Å². The molecular formula is C78H67FN5OPt-3. The molecule has 430 valence electrons. The zero-order valence-electron chi connectivity index (χ0n) is 49.9. The van der Waals surface area contributed by atoms with E-state index in [1.807, 2.05) is 36.5 Å². The molecule has 0 bridgehead atoms. The number of aromatic nitrogens is 2. The smallest absolute Gasteiger partial charge is 0.135 e. The number of hydrogen-bond donors (Lipinski definition) is 0. The average molecular weight is 1300 g/mol. The van der Waals surface area contributed by atoms with Crippen LogP contribution in [0.3, 0.4) is 0 Å². The third-order valence-corrected chi connectivity index (χ3v) is 16.2. The predicted octanol–water partition coefficient (Wildman–Crippen LogP) is 21.5. The minimum absolute atomic E-state index is 0. The van der Waals surface area contributed by atoms with Gasteiger partial charge in [-0.3, -0.25) is 0 Å². The average Bonchev–Trinajstić information content (AvgIpc) is 2.81. The number of fused-ring (bicyclic) bond motifs is 4. The number of para-hydroxylation sites is 5. The fraction of sp³-hybridized carbons (Fsp3) is 0.154. The molecule has 2 aromatic heterocycles. The quantitative estimate of drug-likeness (QED) is 0.121. The summed E-state index contributed by atoms with van der Waals surface area (Å²) in [6.07, 6.45) is 1.90. The maximum absolute atomic E-state index is 15.1. The van der Waals surface area contributed by atoms with Crippen molar-refractivity contribution >= 4 is 61.6 Å². The number of hydrogen-bond acceptors (Lipinski definition) is 5. The summed E-state index contributed by atoms with van der Waals surface area (Å²) >= 11 is 0. The van der Waals surface area contributed by atoms with Crippen LogP contribution in [-0.4, -0.2) is 9.55 Å². The topological polar surface area (TPSA) is 36.8 Å². The predicted molar refractivity (Wildman–Crippen MR) is 351 cm³/mol. The van der Waals surface area contributed by atoms with Crippen LogP contribution in [0, 0.1) is 24.6 Å². The summed E-state index contributed by atoms with van der Waals surface area (Å²) in [5, 5.41) is 2.15. The third kappa shape index (κ3) is 11.1. The molecule has 0 fully saturated rings. The van der Waals surface area contributed by atoms with Crippen molar-refractivity contribution in [1.82, 2.24) is 9.55 Å². The monoisotopic (exact) mass is 1300 g/mol. The Balaban J connectivity index is 0.00000724. The first-order valence-corrected chi connectivity index (χ1v) is 29.2. The number of rotatable bonds is 11. The van der Waals surface area contributed by atoms with Crippen LogP contribution in [0.2, 0.25) is 0 Å². The van der Waals surface area contributed by atoms with Gasteiger partial charge in [0.05, 0.1) is 0 Å². The first kappa shape index (κ1) is 57.4. The number of halogens is 1. The Labute approximate surface area is 520 Å².